The number of nitrogens with zero attached hydrogens (tertiary/aromatic N) is 1. The van der Waals surface area contributed by atoms with Crippen LogP contribution in [0.5, 0.6) is 0 Å². The Morgan fingerprint density at radius 1 is 1.00 bits per heavy atom. The SMILES string of the molecule is O=C(CCCCCCC(O)(O)C(F)(F)F)N1CCC2(CC1)OCCO2. The van der Waals surface area contributed by atoms with Crippen LogP contribution in [0.4, 0.5) is 13.2 Å². The van der Waals surface area contributed by atoms with Gasteiger partial charge in [0, 0.05) is 38.8 Å². The summed E-state index contributed by atoms with van der Waals surface area (Å²) < 4.78 is 48.0. The maximum atomic E-state index is 12.3. The molecule has 0 aromatic rings. The van der Waals surface area contributed by atoms with Crippen molar-refractivity contribution in [1.29, 1.82) is 0 Å². The van der Waals surface area contributed by atoms with Gasteiger partial charge in [-0.05, 0) is 12.8 Å². The van der Waals surface area contributed by atoms with Gasteiger partial charge in [-0.25, -0.2) is 0 Å². The van der Waals surface area contributed by atoms with E-state index in [1.54, 1.807) is 4.90 Å². The van der Waals surface area contributed by atoms with Crippen LogP contribution >= 0.6 is 0 Å². The fourth-order valence-electron chi connectivity index (χ4n) is 3.18. The second-order valence-electron chi connectivity index (χ2n) is 6.72. The maximum Gasteiger partial charge on any atom is 0.442 e. The first kappa shape index (κ1) is 20.4. The van der Waals surface area contributed by atoms with Gasteiger partial charge in [-0.15, -0.1) is 0 Å². The number of hydrogen-bond acceptors (Lipinski definition) is 5. The van der Waals surface area contributed by atoms with E-state index in [0.717, 1.165) is 0 Å². The molecule has 1 amide bonds. The molecule has 2 heterocycles. The number of carbonyl (C=O) groups excluding carboxylic acids is 1. The smallest absolute Gasteiger partial charge is 0.359 e. The largest absolute Gasteiger partial charge is 0.442 e. The predicted molar refractivity (Wildman–Crippen MR) is 81.4 cm³/mol. The molecule has 9 heteroatoms. The summed E-state index contributed by atoms with van der Waals surface area (Å²) in [5.74, 6) is -4.12. The van der Waals surface area contributed by atoms with Crippen molar-refractivity contribution in [3.8, 4) is 0 Å². The first-order valence-electron chi connectivity index (χ1n) is 8.72. The Morgan fingerprint density at radius 2 is 1.56 bits per heavy atom. The Bertz CT molecular complexity index is 440. The number of alkyl halides is 3. The number of halogens is 3. The minimum atomic E-state index is -5.04. The molecule has 2 N–H and O–H groups in total. The van der Waals surface area contributed by atoms with Gasteiger partial charge in [-0.3, -0.25) is 4.79 Å². The number of carbonyl (C=O) groups is 1. The number of rotatable bonds is 7. The topological polar surface area (TPSA) is 79.2 Å². The number of hydrogen-bond donors (Lipinski definition) is 2. The molecule has 0 radical (unpaired) electrons. The number of ether oxygens (including phenoxy) is 2. The van der Waals surface area contributed by atoms with Crippen molar-refractivity contribution in [2.45, 2.75) is 69.1 Å². The van der Waals surface area contributed by atoms with Crippen LogP contribution in [0.2, 0.25) is 0 Å². The molecular weight excluding hydrogens is 343 g/mol. The van der Waals surface area contributed by atoms with Gasteiger partial charge in [0.15, 0.2) is 5.79 Å². The van der Waals surface area contributed by atoms with E-state index in [2.05, 4.69) is 0 Å². The average molecular weight is 369 g/mol. The number of piperidine rings is 1. The Morgan fingerprint density at radius 3 is 2.12 bits per heavy atom. The fourth-order valence-corrected chi connectivity index (χ4v) is 3.18. The van der Waals surface area contributed by atoms with E-state index < -0.39 is 24.2 Å². The Hall–Kier alpha value is -0.900. The summed E-state index contributed by atoms with van der Waals surface area (Å²) in [7, 11) is 0. The normalized spacial score (nSPS) is 21.1. The third kappa shape index (κ3) is 5.54. The lowest BCUT2D eigenvalue weighted by Crippen LogP contribution is -2.47. The van der Waals surface area contributed by atoms with Gasteiger partial charge in [-0.1, -0.05) is 12.8 Å². The standard InChI is InChI=1S/C16H26F3NO5/c17-16(18,19)15(22,23)6-4-2-1-3-5-13(21)20-9-7-14(8-10-20)24-11-12-25-14/h22-23H,1-12H2. The highest BCUT2D eigenvalue weighted by molar-refractivity contribution is 5.76. The van der Waals surface area contributed by atoms with Crippen LogP contribution in [-0.4, -0.2) is 65.1 Å². The summed E-state index contributed by atoms with van der Waals surface area (Å²) in [6.07, 6.45) is -2.53. The quantitative estimate of drug-likeness (QED) is 0.530. The molecule has 2 aliphatic heterocycles. The number of unbranched alkanes of at least 4 members (excludes halogenated alkanes) is 3. The second kappa shape index (κ2) is 8.20. The number of amides is 1. The molecule has 0 aromatic carbocycles. The van der Waals surface area contributed by atoms with Crippen molar-refractivity contribution in [2.75, 3.05) is 26.3 Å². The van der Waals surface area contributed by atoms with Crippen molar-refractivity contribution in [3.63, 3.8) is 0 Å². The maximum absolute atomic E-state index is 12.3. The molecule has 2 rings (SSSR count). The molecule has 1 spiro atoms. The molecule has 25 heavy (non-hydrogen) atoms. The third-order valence-corrected chi connectivity index (χ3v) is 4.81. The van der Waals surface area contributed by atoms with Crippen LogP contribution in [0, 0.1) is 0 Å². The molecule has 0 unspecified atom stereocenters. The van der Waals surface area contributed by atoms with Crippen molar-refractivity contribution >= 4 is 5.91 Å². The zero-order chi connectivity index (χ0) is 18.6. The van der Waals surface area contributed by atoms with E-state index in [1.807, 2.05) is 0 Å². The first-order chi connectivity index (χ1) is 11.7. The van der Waals surface area contributed by atoms with Crippen LogP contribution in [0.25, 0.3) is 0 Å². The van der Waals surface area contributed by atoms with Crippen LogP contribution in [-0.2, 0) is 14.3 Å². The lowest BCUT2D eigenvalue weighted by atomic mass is 10.0. The Balaban J connectivity index is 1.56. The van der Waals surface area contributed by atoms with Crippen molar-refractivity contribution < 1.29 is 37.7 Å². The fraction of sp³-hybridized carbons (Fsp3) is 0.938. The summed E-state index contributed by atoms with van der Waals surface area (Å²) in [4.78, 5) is 13.9. The van der Waals surface area contributed by atoms with Crippen LogP contribution in [0.1, 0.15) is 51.4 Å². The molecule has 146 valence electrons. The highest BCUT2D eigenvalue weighted by Crippen LogP contribution is 2.33. The van der Waals surface area contributed by atoms with E-state index in [9.17, 15) is 18.0 Å². The minimum absolute atomic E-state index is 0.0294. The van der Waals surface area contributed by atoms with E-state index >= 15 is 0 Å². The van der Waals surface area contributed by atoms with Crippen molar-refractivity contribution in [1.82, 2.24) is 4.90 Å². The number of aliphatic hydroxyl groups is 2. The highest BCUT2D eigenvalue weighted by Gasteiger charge is 2.52. The molecule has 0 saturated carbocycles. The zero-order valence-electron chi connectivity index (χ0n) is 14.2. The van der Waals surface area contributed by atoms with Crippen LogP contribution in [0.15, 0.2) is 0 Å². The molecule has 0 aliphatic carbocycles. The van der Waals surface area contributed by atoms with Gasteiger partial charge < -0.3 is 24.6 Å². The minimum Gasteiger partial charge on any atom is -0.359 e. The van der Waals surface area contributed by atoms with Gasteiger partial charge in [0.2, 0.25) is 5.91 Å². The van der Waals surface area contributed by atoms with E-state index in [1.165, 1.54) is 0 Å². The lowest BCUT2D eigenvalue weighted by Gasteiger charge is -2.37. The van der Waals surface area contributed by atoms with Gasteiger partial charge >= 0.3 is 6.18 Å². The molecule has 2 saturated heterocycles. The molecule has 0 atom stereocenters. The van der Waals surface area contributed by atoms with Gasteiger partial charge in [0.05, 0.1) is 13.2 Å². The summed E-state index contributed by atoms with van der Waals surface area (Å²) in [6, 6.07) is 0. The zero-order valence-corrected chi connectivity index (χ0v) is 14.2. The van der Waals surface area contributed by atoms with Crippen molar-refractivity contribution in [2.24, 2.45) is 0 Å². The average Bonchev–Trinajstić information content (AvgIpc) is 2.98. The summed E-state index contributed by atoms with van der Waals surface area (Å²) in [5, 5.41) is 17.8. The molecule has 0 aromatic heterocycles. The number of likely N-dealkylation sites (tertiary alicyclic amines) is 1. The van der Waals surface area contributed by atoms with Gasteiger partial charge in [0.1, 0.15) is 0 Å². The van der Waals surface area contributed by atoms with E-state index in [-0.39, 0.29) is 12.3 Å². The Kier molecular flexibility index (Phi) is 6.69. The Labute approximate surface area is 144 Å². The predicted octanol–water partition coefficient (Wildman–Crippen LogP) is 1.94. The highest BCUT2D eigenvalue weighted by atomic mass is 19.4. The second-order valence-corrected chi connectivity index (χ2v) is 6.72. The molecule has 2 fully saturated rings. The van der Waals surface area contributed by atoms with Gasteiger partial charge in [0.25, 0.3) is 5.79 Å². The monoisotopic (exact) mass is 369 g/mol. The van der Waals surface area contributed by atoms with E-state index in [4.69, 9.17) is 19.7 Å². The summed E-state index contributed by atoms with van der Waals surface area (Å²) in [6.45, 7) is 2.35. The molecular formula is C16H26F3NO5. The van der Waals surface area contributed by atoms with Crippen LogP contribution in [0.3, 0.4) is 0 Å². The summed E-state index contributed by atoms with van der Waals surface area (Å²) in [5.41, 5.74) is 0. The van der Waals surface area contributed by atoms with E-state index in [0.29, 0.717) is 64.8 Å². The van der Waals surface area contributed by atoms with Crippen LogP contribution < -0.4 is 0 Å². The molecule has 2 aliphatic rings. The van der Waals surface area contributed by atoms with Gasteiger partial charge in [-0.2, -0.15) is 13.2 Å². The molecule has 6 nitrogen and oxygen atoms in total. The summed E-state index contributed by atoms with van der Waals surface area (Å²) >= 11 is 0. The third-order valence-electron chi connectivity index (χ3n) is 4.81. The van der Waals surface area contributed by atoms with Crippen molar-refractivity contribution in [3.05, 3.63) is 0 Å². The lowest BCUT2D eigenvalue weighted by molar-refractivity contribution is -0.351. The molecule has 0 bridgehead atoms. The first-order valence-corrected chi connectivity index (χ1v) is 8.72.